The molecule has 1 aromatic rings. The van der Waals surface area contributed by atoms with Crippen LogP contribution in [0.15, 0.2) is 22.7 Å². The van der Waals surface area contributed by atoms with Gasteiger partial charge in [0, 0.05) is 4.47 Å². The molecule has 1 aliphatic rings. The van der Waals surface area contributed by atoms with Crippen LogP contribution in [-0.2, 0) is 11.3 Å². The van der Waals surface area contributed by atoms with Crippen molar-refractivity contribution in [2.75, 3.05) is 20.3 Å². The Bertz CT molecular complexity index is 425. The maximum atomic E-state index is 5.93. The van der Waals surface area contributed by atoms with E-state index in [0.29, 0.717) is 18.4 Å². The lowest BCUT2D eigenvalue weighted by Crippen LogP contribution is -2.29. The summed E-state index contributed by atoms with van der Waals surface area (Å²) in [5.41, 5.74) is 6.99. The first-order valence-corrected chi connectivity index (χ1v) is 8.14. The third-order valence-corrected chi connectivity index (χ3v) is 4.99. The number of hydrogen-bond donors (Lipinski definition) is 1. The zero-order chi connectivity index (χ0) is 14.4. The first-order valence-electron chi connectivity index (χ1n) is 7.34. The molecule has 1 aliphatic carbocycles. The van der Waals surface area contributed by atoms with E-state index in [9.17, 15) is 0 Å². The molecule has 0 bridgehead atoms. The van der Waals surface area contributed by atoms with E-state index in [1.807, 2.05) is 18.2 Å². The van der Waals surface area contributed by atoms with E-state index in [1.165, 1.54) is 25.7 Å². The Morgan fingerprint density at radius 2 is 2.00 bits per heavy atom. The summed E-state index contributed by atoms with van der Waals surface area (Å²) in [6.07, 6.45) is 5.14. The monoisotopic (exact) mass is 341 g/mol. The van der Waals surface area contributed by atoms with Crippen LogP contribution in [-0.4, -0.2) is 20.3 Å². The van der Waals surface area contributed by atoms with Gasteiger partial charge in [0.15, 0.2) is 0 Å². The number of halogens is 1. The van der Waals surface area contributed by atoms with Crippen molar-refractivity contribution in [2.45, 2.75) is 32.3 Å². The number of methoxy groups -OCH3 is 1. The largest absolute Gasteiger partial charge is 0.497 e. The highest BCUT2D eigenvalue weighted by molar-refractivity contribution is 9.10. The smallest absolute Gasteiger partial charge is 0.119 e. The molecule has 1 saturated carbocycles. The molecule has 3 nitrogen and oxygen atoms in total. The van der Waals surface area contributed by atoms with Gasteiger partial charge in [-0.2, -0.15) is 0 Å². The second-order valence-electron chi connectivity index (χ2n) is 5.51. The van der Waals surface area contributed by atoms with E-state index in [0.717, 1.165) is 28.9 Å². The van der Waals surface area contributed by atoms with Crippen LogP contribution in [0.25, 0.3) is 0 Å². The summed E-state index contributed by atoms with van der Waals surface area (Å²) in [6, 6.07) is 5.96. The fourth-order valence-corrected chi connectivity index (χ4v) is 3.28. The highest BCUT2D eigenvalue weighted by atomic mass is 79.9. The minimum Gasteiger partial charge on any atom is -0.497 e. The van der Waals surface area contributed by atoms with Crippen LogP contribution in [0.3, 0.4) is 0 Å². The predicted molar refractivity (Wildman–Crippen MR) is 84.9 cm³/mol. The standard InChI is InChI=1S/C16H24BrNO2/c1-19-15-6-7-16(17)14(8-15)11-20-10-13-5-3-2-4-12(13)9-18/h6-8,12-13H,2-5,9-11,18H2,1H3. The van der Waals surface area contributed by atoms with Crippen LogP contribution in [0.2, 0.25) is 0 Å². The number of rotatable bonds is 6. The van der Waals surface area contributed by atoms with Crippen LogP contribution in [0.4, 0.5) is 0 Å². The van der Waals surface area contributed by atoms with Crippen molar-refractivity contribution < 1.29 is 9.47 Å². The molecule has 112 valence electrons. The molecule has 2 rings (SSSR count). The molecule has 0 radical (unpaired) electrons. The molecule has 0 heterocycles. The topological polar surface area (TPSA) is 44.5 Å². The quantitative estimate of drug-likeness (QED) is 0.857. The number of ether oxygens (including phenoxy) is 2. The summed E-state index contributed by atoms with van der Waals surface area (Å²) in [5, 5.41) is 0. The molecule has 0 amide bonds. The lowest BCUT2D eigenvalue weighted by atomic mass is 9.80. The molecule has 4 heteroatoms. The van der Waals surface area contributed by atoms with Gasteiger partial charge in [-0.3, -0.25) is 0 Å². The van der Waals surface area contributed by atoms with Crippen molar-refractivity contribution in [1.29, 1.82) is 0 Å². The summed E-state index contributed by atoms with van der Waals surface area (Å²) < 4.78 is 12.2. The van der Waals surface area contributed by atoms with E-state index in [2.05, 4.69) is 15.9 Å². The highest BCUT2D eigenvalue weighted by Crippen LogP contribution is 2.30. The van der Waals surface area contributed by atoms with Gasteiger partial charge >= 0.3 is 0 Å². The van der Waals surface area contributed by atoms with Gasteiger partial charge in [-0.05, 0) is 55.0 Å². The summed E-state index contributed by atoms with van der Waals surface area (Å²) in [4.78, 5) is 0. The van der Waals surface area contributed by atoms with Crippen LogP contribution in [0.1, 0.15) is 31.2 Å². The van der Waals surface area contributed by atoms with Crippen molar-refractivity contribution in [3.8, 4) is 5.75 Å². The molecular formula is C16H24BrNO2. The van der Waals surface area contributed by atoms with Gasteiger partial charge in [-0.25, -0.2) is 0 Å². The third-order valence-electron chi connectivity index (χ3n) is 4.21. The van der Waals surface area contributed by atoms with Crippen LogP contribution in [0.5, 0.6) is 5.75 Å². The van der Waals surface area contributed by atoms with Crippen molar-refractivity contribution in [2.24, 2.45) is 17.6 Å². The Morgan fingerprint density at radius 3 is 2.70 bits per heavy atom. The Hall–Kier alpha value is -0.580. The Kier molecular flexibility index (Phi) is 6.33. The SMILES string of the molecule is COc1ccc(Br)c(COCC2CCCCC2CN)c1. The van der Waals surface area contributed by atoms with Crippen LogP contribution >= 0.6 is 15.9 Å². The van der Waals surface area contributed by atoms with E-state index < -0.39 is 0 Å². The molecule has 20 heavy (non-hydrogen) atoms. The Balaban J connectivity index is 1.85. The van der Waals surface area contributed by atoms with Crippen LogP contribution in [0, 0.1) is 11.8 Å². The van der Waals surface area contributed by atoms with Crippen LogP contribution < -0.4 is 10.5 Å². The molecule has 0 aliphatic heterocycles. The summed E-state index contributed by atoms with van der Waals surface area (Å²) in [7, 11) is 1.68. The predicted octanol–water partition coefficient (Wildman–Crippen LogP) is 3.74. The Labute approximate surface area is 130 Å². The first-order chi connectivity index (χ1) is 9.74. The number of nitrogens with two attached hydrogens (primary N) is 1. The zero-order valence-corrected chi connectivity index (χ0v) is 13.7. The molecular weight excluding hydrogens is 318 g/mol. The lowest BCUT2D eigenvalue weighted by Gasteiger charge is -2.30. The summed E-state index contributed by atoms with van der Waals surface area (Å²) >= 11 is 3.56. The third kappa shape index (κ3) is 4.21. The number of hydrogen-bond acceptors (Lipinski definition) is 3. The van der Waals surface area contributed by atoms with E-state index >= 15 is 0 Å². The number of benzene rings is 1. The van der Waals surface area contributed by atoms with Crippen molar-refractivity contribution in [3.05, 3.63) is 28.2 Å². The van der Waals surface area contributed by atoms with Crippen molar-refractivity contribution >= 4 is 15.9 Å². The van der Waals surface area contributed by atoms with Crippen molar-refractivity contribution in [1.82, 2.24) is 0 Å². The normalized spacial score (nSPS) is 22.8. The van der Waals surface area contributed by atoms with Gasteiger partial charge in [-0.15, -0.1) is 0 Å². The Morgan fingerprint density at radius 1 is 1.25 bits per heavy atom. The average Bonchev–Trinajstić information content (AvgIpc) is 2.49. The molecule has 2 unspecified atom stereocenters. The van der Waals surface area contributed by atoms with Gasteiger partial charge in [-0.1, -0.05) is 28.8 Å². The van der Waals surface area contributed by atoms with E-state index in [-0.39, 0.29) is 0 Å². The average molecular weight is 342 g/mol. The minimum absolute atomic E-state index is 0.617. The van der Waals surface area contributed by atoms with E-state index in [1.54, 1.807) is 7.11 Å². The second-order valence-corrected chi connectivity index (χ2v) is 6.37. The summed E-state index contributed by atoms with van der Waals surface area (Å²) in [5.74, 6) is 2.12. The molecule has 0 spiro atoms. The molecule has 1 fully saturated rings. The molecule has 1 aromatic carbocycles. The fraction of sp³-hybridized carbons (Fsp3) is 0.625. The summed E-state index contributed by atoms with van der Waals surface area (Å²) in [6.45, 7) is 2.22. The highest BCUT2D eigenvalue weighted by Gasteiger charge is 2.23. The van der Waals surface area contributed by atoms with Gasteiger partial charge in [0.2, 0.25) is 0 Å². The fourth-order valence-electron chi connectivity index (χ4n) is 2.92. The van der Waals surface area contributed by atoms with Gasteiger partial charge in [0.25, 0.3) is 0 Å². The zero-order valence-electron chi connectivity index (χ0n) is 12.1. The van der Waals surface area contributed by atoms with E-state index in [4.69, 9.17) is 15.2 Å². The van der Waals surface area contributed by atoms with Gasteiger partial charge in [0.1, 0.15) is 5.75 Å². The maximum Gasteiger partial charge on any atom is 0.119 e. The second kappa shape index (κ2) is 8.01. The molecule has 0 aromatic heterocycles. The first kappa shape index (κ1) is 15.8. The maximum absolute atomic E-state index is 5.93. The van der Waals surface area contributed by atoms with Gasteiger partial charge < -0.3 is 15.2 Å². The molecule has 2 N–H and O–H groups in total. The van der Waals surface area contributed by atoms with Gasteiger partial charge in [0.05, 0.1) is 20.3 Å². The molecule has 2 atom stereocenters. The van der Waals surface area contributed by atoms with Crippen molar-refractivity contribution in [3.63, 3.8) is 0 Å². The lowest BCUT2D eigenvalue weighted by molar-refractivity contribution is 0.0509. The molecule has 0 saturated heterocycles. The minimum atomic E-state index is 0.617.